The van der Waals surface area contributed by atoms with Gasteiger partial charge >= 0.3 is 5.97 Å². The number of aromatic carboxylic acids is 1. The van der Waals surface area contributed by atoms with E-state index in [4.69, 9.17) is 5.11 Å². The van der Waals surface area contributed by atoms with Crippen LogP contribution in [0.5, 0.6) is 0 Å². The van der Waals surface area contributed by atoms with Gasteiger partial charge in [-0.3, -0.25) is 0 Å². The standard InChI is InChI=1S/C16H20N2O2/c1-3-16(7-4-8-16)10-18-11(2)17-13-6-5-12(15(19)20)9-14(13)18/h5-6,9H,3-4,7-8,10H2,1-2H3,(H,19,20). The van der Waals surface area contributed by atoms with Crippen LogP contribution in [-0.2, 0) is 6.54 Å². The van der Waals surface area contributed by atoms with Gasteiger partial charge in [0.15, 0.2) is 0 Å². The number of hydrogen-bond donors (Lipinski definition) is 1. The topological polar surface area (TPSA) is 55.1 Å². The van der Waals surface area contributed by atoms with Gasteiger partial charge in [-0.05, 0) is 49.8 Å². The molecule has 1 fully saturated rings. The summed E-state index contributed by atoms with van der Waals surface area (Å²) in [5.41, 5.74) is 2.55. The van der Waals surface area contributed by atoms with Crippen LogP contribution in [0.2, 0.25) is 0 Å². The number of carboxylic acids is 1. The van der Waals surface area contributed by atoms with E-state index in [-0.39, 0.29) is 0 Å². The Labute approximate surface area is 118 Å². The molecule has 1 aliphatic carbocycles. The molecular formula is C16H20N2O2. The second-order valence-electron chi connectivity index (χ2n) is 5.96. The van der Waals surface area contributed by atoms with Gasteiger partial charge in [0.1, 0.15) is 5.82 Å². The summed E-state index contributed by atoms with van der Waals surface area (Å²) in [4.78, 5) is 15.7. The van der Waals surface area contributed by atoms with Crippen LogP contribution in [0, 0.1) is 12.3 Å². The SMILES string of the molecule is CCC1(Cn2c(C)nc3ccc(C(=O)O)cc32)CCC1. The molecule has 0 atom stereocenters. The fraction of sp³-hybridized carbons (Fsp3) is 0.500. The van der Waals surface area contributed by atoms with Crippen LogP contribution in [0.4, 0.5) is 0 Å². The average Bonchev–Trinajstić information content (AvgIpc) is 2.68. The van der Waals surface area contributed by atoms with Crippen LogP contribution in [0.25, 0.3) is 11.0 Å². The molecule has 106 valence electrons. The lowest BCUT2D eigenvalue weighted by molar-refractivity contribution is 0.0697. The molecular weight excluding hydrogens is 252 g/mol. The lowest BCUT2D eigenvalue weighted by Gasteiger charge is -2.42. The first-order chi connectivity index (χ1) is 9.54. The Kier molecular flexibility index (Phi) is 3.04. The second-order valence-corrected chi connectivity index (χ2v) is 5.96. The minimum absolute atomic E-state index is 0.331. The number of benzene rings is 1. The Balaban J connectivity index is 2.06. The summed E-state index contributed by atoms with van der Waals surface area (Å²) in [7, 11) is 0. The molecule has 0 aliphatic heterocycles. The number of rotatable bonds is 4. The highest BCUT2D eigenvalue weighted by Gasteiger charge is 2.36. The van der Waals surface area contributed by atoms with Crippen molar-refractivity contribution in [3.8, 4) is 0 Å². The van der Waals surface area contributed by atoms with Crippen LogP contribution in [0.15, 0.2) is 18.2 Å². The molecule has 4 nitrogen and oxygen atoms in total. The van der Waals surface area contributed by atoms with E-state index in [2.05, 4.69) is 16.5 Å². The van der Waals surface area contributed by atoms with Crippen molar-refractivity contribution in [1.82, 2.24) is 9.55 Å². The van der Waals surface area contributed by atoms with E-state index >= 15 is 0 Å². The zero-order valence-electron chi connectivity index (χ0n) is 12.0. The highest BCUT2D eigenvalue weighted by atomic mass is 16.4. The molecule has 1 aromatic heterocycles. The van der Waals surface area contributed by atoms with Crippen molar-refractivity contribution in [3.63, 3.8) is 0 Å². The largest absolute Gasteiger partial charge is 0.478 e. The van der Waals surface area contributed by atoms with Crippen LogP contribution in [-0.4, -0.2) is 20.6 Å². The normalized spacial score (nSPS) is 17.1. The van der Waals surface area contributed by atoms with Crippen molar-refractivity contribution in [3.05, 3.63) is 29.6 Å². The van der Waals surface area contributed by atoms with E-state index in [1.54, 1.807) is 12.1 Å². The fourth-order valence-electron chi connectivity index (χ4n) is 3.21. The van der Waals surface area contributed by atoms with Gasteiger partial charge in [-0.1, -0.05) is 13.3 Å². The highest BCUT2D eigenvalue weighted by molar-refractivity contribution is 5.92. The molecule has 20 heavy (non-hydrogen) atoms. The van der Waals surface area contributed by atoms with E-state index in [0.717, 1.165) is 23.4 Å². The van der Waals surface area contributed by atoms with Crippen molar-refractivity contribution >= 4 is 17.0 Å². The molecule has 1 N–H and O–H groups in total. The Hall–Kier alpha value is -1.84. The summed E-state index contributed by atoms with van der Waals surface area (Å²) in [6.45, 7) is 5.20. The maximum Gasteiger partial charge on any atom is 0.335 e. The summed E-state index contributed by atoms with van der Waals surface area (Å²) in [6.07, 6.45) is 5.01. The van der Waals surface area contributed by atoms with Crippen molar-refractivity contribution < 1.29 is 9.90 Å². The Morgan fingerprint density at radius 3 is 2.75 bits per heavy atom. The monoisotopic (exact) mass is 272 g/mol. The quantitative estimate of drug-likeness (QED) is 0.924. The second kappa shape index (κ2) is 4.62. The van der Waals surface area contributed by atoms with Crippen LogP contribution < -0.4 is 0 Å². The zero-order chi connectivity index (χ0) is 14.3. The summed E-state index contributed by atoms with van der Waals surface area (Å²) in [5.74, 6) is 0.0911. The lowest BCUT2D eigenvalue weighted by atomic mass is 9.67. The third-order valence-electron chi connectivity index (χ3n) is 4.84. The number of carbonyl (C=O) groups is 1. The minimum atomic E-state index is -0.883. The van der Waals surface area contributed by atoms with Gasteiger partial charge in [-0.15, -0.1) is 0 Å². The first kappa shape index (κ1) is 13.2. The number of fused-ring (bicyclic) bond motifs is 1. The van der Waals surface area contributed by atoms with Gasteiger partial charge in [0.25, 0.3) is 0 Å². The molecule has 1 saturated carbocycles. The number of aromatic nitrogens is 2. The Bertz CT molecular complexity index is 663. The van der Waals surface area contributed by atoms with E-state index in [9.17, 15) is 4.79 Å². The van der Waals surface area contributed by atoms with Crippen molar-refractivity contribution in [1.29, 1.82) is 0 Å². The fourth-order valence-corrected chi connectivity index (χ4v) is 3.21. The number of aryl methyl sites for hydroxylation is 1. The Morgan fingerprint density at radius 1 is 1.45 bits per heavy atom. The van der Waals surface area contributed by atoms with E-state index < -0.39 is 5.97 Å². The third-order valence-corrected chi connectivity index (χ3v) is 4.84. The summed E-state index contributed by atoms with van der Waals surface area (Å²) < 4.78 is 2.20. The molecule has 1 heterocycles. The zero-order valence-corrected chi connectivity index (χ0v) is 12.0. The first-order valence-electron chi connectivity index (χ1n) is 7.25. The number of hydrogen-bond acceptors (Lipinski definition) is 2. The van der Waals surface area contributed by atoms with Gasteiger partial charge in [0, 0.05) is 6.54 Å². The predicted octanol–water partition coefficient (Wildman–Crippen LogP) is 3.62. The van der Waals surface area contributed by atoms with Crippen LogP contribution >= 0.6 is 0 Å². The van der Waals surface area contributed by atoms with Crippen molar-refractivity contribution in [2.45, 2.75) is 46.1 Å². The van der Waals surface area contributed by atoms with Gasteiger partial charge < -0.3 is 9.67 Å². The molecule has 0 unspecified atom stereocenters. The van der Waals surface area contributed by atoms with Gasteiger partial charge in [0.2, 0.25) is 0 Å². The van der Waals surface area contributed by atoms with E-state index in [0.29, 0.717) is 11.0 Å². The van der Waals surface area contributed by atoms with Gasteiger partial charge in [-0.25, -0.2) is 9.78 Å². The average molecular weight is 272 g/mol. The molecule has 3 rings (SSSR count). The first-order valence-corrected chi connectivity index (χ1v) is 7.25. The summed E-state index contributed by atoms with van der Waals surface area (Å²) in [5, 5.41) is 9.15. The predicted molar refractivity (Wildman–Crippen MR) is 78.0 cm³/mol. The van der Waals surface area contributed by atoms with Crippen LogP contribution in [0.1, 0.15) is 48.8 Å². The molecule has 4 heteroatoms. The van der Waals surface area contributed by atoms with Crippen LogP contribution in [0.3, 0.4) is 0 Å². The molecule has 0 amide bonds. The lowest BCUT2D eigenvalue weighted by Crippen LogP contribution is -2.33. The molecule has 1 aromatic carbocycles. The maximum absolute atomic E-state index is 11.1. The molecule has 0 bridgehead atoms. The van der Waals surface area contributed by atoms with E-state index in [1.165, 1.54) is 25.7 Å². The number of carboxylic acid groups (broad SMARTS) is 1. The van der Waals surface area contributed by atoms with E-state index in [1.807, 2.05) is 13.0 Å². The minimum Gasteiger partial charge on any atom is -0.478 e. The molecule has 0 saturated heterocycles. The maximum atomic E-state index is 11.1. The molecule has 0 spiro atoms. The summed E-state index contributed by atoms with van der Waals surface area (Å²) >= 11 is 0. The van der Waals surface area contributed by atoms with Gasteiger partial charge in [0.05, 0.1) is 16.6 Å². The third kappa shape index (κ3) is 1.99. The summed E-state index contributed by atoms with van der Waals surface area (Å²) in [6, 6.07) is 5.18. The molecule has 1 aliphatic rings. The van der Waals surface area contributed by atoms with Crippen molar-refractivity contribution in [2.24, 2.45) is 5.41 Å². The number of imidazole rings is 1. The van der Waals surface area contributed by atoms with Gasteiger partial charge in [-0.2, -0.15) is 0 Å². The van der Waals surface area contributed by atoms with Crippen molar-refractivity contribution in [2.75, 3.05) is 0 Å². The number of nitrogens with zero attached hydrogens (tertiary/aromatic N) is 2. The molecule has 2 aromatic rings. The highest BCUT2D eigenvalue weighted by Crippen LogP contribution is 2.45. The Morgan fingerprint density at radius 2 is 2.20 bits per heavy atom. The molecule has 0 radical (unpaired) electrons. The smallest absolute Gasteiger partial charge is 0.335 e.